The van der Waals surface area contributed by atoms with Crippen LogP contribution in [-0.4, -0.2) is 37.8 Å². The Balaban J connectivity index is 5.46. The van der Waals surface area contributed by atoms with Crippen molar-refractivity contribution in [3.05, 3.63) is 12.2 Å². The molecule has 0 spiro atoms. The molecule has 0 bridgehead atoms. The number of ether oxygens (including phenoxy) is 1. The Morgan fingerprint density at radius 1 is 0.767 bits per heavy atom. The number of quaternary nitrogens is 1. The maximum atomic E-state index is 13.2. The molecule has 30 heavy (non-hydrogen) atoms. The molecule has 0 heterocycles. The summed E-state index contributed by atoms with van der Waals surface area (Å²) in [5, 5.41) is 0. The number of nitrogens with zero attached hydrogens (tertiary/aromatic N) is 1. The standard InChI is InChI=1S/C27H54NO2/c1-9-12-15-18-21-27(22-19-16-13-10-2,23-20-17-14-11-3)24(4)26(29)30-25(5)28(6,7)8/h25H,4,9-23H2,1-3,5-8H3/q+1. The fraction of sp³-hybridized carbons (Fsp3) is 0.889. The minimum absolute atomic E-state index is 0.0864. The highest BCUT2D eigenvalue weighted by molar-refractivity contribution is 5.89. The lowest BCUT2D eigenvalue weighted by Gasteiger charge is -2.37. The van der Waals surface area contributed by atoms with Gasteiger partial charge in [0.05, 0.1) is 21.1 Å². The average molecular weight is 425 g/mol. The van der Waals surface area contributed by atoms with Gasteiger partial charge in [-0.2, -0.15) is 0 Å². The molecule has 0 rings (SSSR count). The van der Waals surface area contributed by atoms with E-state index >= 15 is 0 Å². The van der Waals surface area contributed by atoms with E-state index in [1.54, 1.807) is 0 Å². The highest BCUT2D eigenvalue weighted by Gasteiger charge is 2.37. The van der Waals surface area contributed by atoms with Gasteiger partial charge in [-0.25, -0.2) is 4.79 Å². The van der Waals surface area contributed by atoms with Gasteiger partial charge >= 0.3 is 5.97 Å². The zero-order chi connectivity index (χ0) is 23.0. The van der Waals surface area contributed by atoms with Crippen LogP contribution in [0.1, 0.15) is 124 Å². The van der Waals surface area contributed by atoms with Crippen LogP contribution in [-0.2, 0) is 9.53 Å². The second kappa shape index (κ2) is 15.9. The fourth-order valence-corrected chi connectivity index (χ4v) is 4.10. The Bertz CT molecular complexity index is 433. The Morgan fingerprint density at radius 2 is 1.13 bits per heavy atom. The van der Waals surface area contributed by atoms with Crippen LogP contribution < -0.4 is 0 Å². The molecule has 0 aliphatic rings. The third kappa shape index (κ3) is 11.5. The summed E-state index contributed by atoms with van der Waals surface area (Å²) >= 11 is 0. The lowest BCUT2D eigenvalue weighted by molar-refractivity contribution is -0.914. The molecule has 0 aromatic carbocycles. The van der Waals surface area contributed by atoms with Crippen molar-refractivity contribution >= 4 is 5.97 Å². The summed E-state index contributed by atoms with van der Waals surface area (Å²) in [5.41, 5.74) is 0.656. The van der Waals surface area contributed by atoms with E-state index in [9.17, 15) is 4.79 Å². The Hall–Kier alpha value is -0.830. The first-order chi connectivity index (χ1) is 14.1. The lowest BCUT2D eigenvalue weighted by Crippen LogP contribution is -2.46. The number of hydrogen-bond acceptors (Lipinski definition) is 2. The summed E-state index contributed by atoms with van der Waals surface area (Å²) in [6.07, 6.45) is 17.9. The van der Waals surface area contributed by atoms with Crippen molar-refractivity contribution < 1.29 is 14.0 Å². The van der Waals surface area contributed by atoms with Crippen molar-refractivity contribution in [3.8, 4) is 0 Å². The Morgan fingerprint density at radius 3 is 1.43 bits per heavy atom. The van der Waals surface area contributed by atoms with Gasteiger partial charge in [0, 0.05) is 17.9 Å². The van der Waals surface area contributed by atoms with Gasteiger partial charge in [-0.15, -0.1) is 0 Å². The second-order valence-corrected chi connectivity index (χ2v) is 10.3. The summed E-state index contributed by atoms with van der Waals surface area (Å²) in [6.45, 7) is 13.1. The monoisotopic (exact) mass is 424 g/mol. The van der Waals surface area contributed by atoms with Gasteiger partial charge in [-0.3, -0.25) is 4.48 Å². The summed E-state index contributed by atoms with van der Waals surface area (Å²) in [4.78, 5) is 13.2. The number of esters is 1. The SMILES string of the molecule is C=C(C(=O)OC(C)[N+](C)(C)C)C(CCCCCC)(CCCCCC)CCCCCC. The number of unbranched alkanes of at least 4 members (excludes halogenated alkanes) is 9. The van der Waals surface area contributed by atoms with Crippen molar-refractivity contribution in [2.45, 2.75) is 130 Å². The molecule has 0 aliphatic carbocycles. The molecule has 0 saturated heterocycles. The number of rotatable bonds is 19. The van der Waals surface area contributed by atoms with E-state index < -0.39 is 0 Å². The van der Waals surface area contributed by atoms with Gasteiger partial charge < -0.3 is 4.74 Å². The van der Waals surface area contributed by atoms with Gasteiger partial charge in [0.25, 0.3) is 0 Å². The van der Waals surface area contributed by atoms with Crippen LogP contribution in [0.15, 0.2) is 12.2 Å². The smallest absolute Gasteiger partial charge is 0.338 e. The zero-order valence-electron chi connectivity index (χ0n) is 21.7. The molecule has 0 aromatic heterocycles. The van der Waals surface area contributed by atoms with Gasteiger partial charge in [0.2, 0.25) is 6.23 Å². The highest BCUT2D eigenvalue weighted by atomic mass is 16.6. The first kappa shape index (κ1) is 29.2. The molecule has 3 nitrogen and oxygen atoms in total. The largest absolute Gasteiger partial charge is 0.409 e. The Labute approximate surface area is 189 Å². The van der Waals surface area contributed by atoms with E-state index in [0.717, 1.165) is 24.8 Å². The van der Waals surface area contributed by atoms with Gasteiger partial charge in [-0.1, -0.05) is 104 Å². The molecule has 3 heteroatoms. The van der Waals surface area contributed by atoms with Crippen molar-refractivity contribution in [1.82, 2.24) is 0 Å². The third-order valence-corrected chi connectivity index (χ3v) is 6.78. The molecule has 0 amide bonds. The average Bonchev–Trinajstić information content (AvgIpc) is 2.69. The van der Waals surface area contributed by atoms with E-state index in [1.165, 1.54) is 77.0 Å². The van der Waals surface area contributed by atoms with E-state index in [4.69, 9.17) is 4.74 Å². The molecule has 1 unspecified atom stereocenters. The maximum absolute atomic E-state index is 13.2. The van der Waals surface area contributed by atoms with Crippen molar-refractivity contribution in [2.24, 2.45) is 5.41 Å². The van der Waals surface area contributed by atoms with Crippen LogP contribution in [0, 0.1) is 5.41 Å². The molecule has 1 atom stereocenters. The minimum atomic E-state index is -0.174. The summed E-state index contributed by atoms with van der Waals surface area (Å²) in [7, 11) is 6.19. The van der Waals surface area contributed by atoms with Gasteiger partial charge in [0.15, 0.2) is 0 Å². The van der Waals surface area contributed by atoms with Crippen LogP contribution in [0.5, 0.6) is 0 Å². The highest BCUT2D eigenvalue weighted by Crippen LogP contribution is 2.44. The number of carbonyl (C=O) groups excluding carboxylic acids is 1. The van der Waals surface area contributed by atoms with Crippen molar-refractivity contribution in [3.63, 3.8) is 0 Å². The normalized spacial score (nSPS) is 13.3. The predicted molar refractivity (Wildman–Crippen MR) is 131 cm³/mol. The van der Waals surface area contributed by atoms with Crippen molar-refractivity contribution in [1.29, 1.82) is 0 Å². The molecule has 178 valence electrons. The van der Waals surface area contributed by atoms with Crippen LogP contribution >= 0.6 is 0 Å². The Kier molecular flexibility index (Phi) is 15.5. The molecule has 0 saturated carbocycles. The van der Waals surface area contributed by atoms with Crippen LogP contribution in [0.2, 0.25) is 0 Å². The van der Waals surface area contributed by atoms with E-state index in [1.807, 2.05) is 6.92 Å². The maximum Gasteiger partial charge on any atom is 0.338 e. The number of hydrogen-bond donors (Lipinski definition) is 0. The molecular formula is C27H54NO2+. The fourth-order valence-electron chi connectivity index (χ4n) is 4.10. The first-order valence-electron chi connectivity index (χ1n) is 12.9. The molecule has 0 N–H and O–H groups in total. The quantitative estimate of drug-likeness (QED) is 0.0689. The molecule has 0 aromatic rings. The molecule has 0 fully saturated rings. The number of carbonyl (C=O) groups is 1. The van der Waals surface area contributed by atoms with E-state index in [2.05, 4.69) is 48.5 Å². The molecule has 0 radical (unpaired) electrons. The van der Waals surface area contributed by atoms with Crippen LogP contribution in [0.4, 0.5) is 0 Å². The summed E-state index contributed by atoms with van der Waals surface area (Å²) in [6, 6.07) is 0. The van der Waals surface area contributed by atoms with E-state index in [0.29, 0.717) is 4.48 Å². The molecule has 0 aliphatic heterocycles. The van der Waals surface area contributed by atoms with Crippen molar-refractivity contribution in [2.75, 3.05) is 21.1 Å². The summed E-state index contributed by atoms with van der Waals surface area (Å²) in [5.74, 6) is -0.169. The predicted octanol–water partition coefficient (Wildman–Crippen LogP) is 8.04. The molecular weight excluding hydrogens is 370 g/mol. The van der Waals surface area contributed by atoms with E-state index in [-0.39, 0.29) is 17.6 Å². The van der Waals surface area contributed by atoms with Crippen LogP contribution in [0.25, 0.3) is 0 Å². The van der Waals surface area contributed by atoms with Gasteiger partial charge in [-0.05, 0) is 19.3 Å². The second-order valence-electron chi connectivity index (χ2n) is 10.3. The van der Waals surface area contributed by atoms with Gasteiger partial charge in [0.1, 0.15) is 0 Å². The van der Waals surface area contributed by atoms with Crippen LogP contribution in [0.3, 0.4) is 0 Å². The minimum Gasteiger partial charge on any atom is -0.409 e. The topological polar surface area (TPSA) is 26.3 Å². The lowest BCUT2D eigenvalue weighted by atomic mass is 9.69. The first-order valence-corrected chi connectivity index (χ1v) is 12.9. The third-order valence-electron chi connectivity index (χ3n) is 6.78. The zero-order valence-corrected chi connectivity index (χ0v) is 21.7. The summed E-state index contributed by atoms with van der Waals surface area (Å²) < 4.78 is 6.51.